The Morgan fingerprint density at radius 1 is 1.15 bits per heavy atom. The molecule has 4 rings (SSSR count). The number of hydrogen-bond donors (Lipinski definition) is 2. The number of allylic oxidation sites excluding steroid dienone is 2. The molecular formula is C21H20N4O2. The third kappa shape index (κ3) is 4.17. The molecular weight excluding hydrogens is 340 g/mol. The van der Waals surface area contributed by atoms with Gasteiger partial charge in [0.25, 0.3) is 0 Å². The number of pyridine rings is 1. The minimum Gasteiger partial charge on any atom is -0.474 e. The zero-order chi connectivity index (χ0) is 18.5. The molecule has 136 valence electrons. The number of hydrogen-bond acceptors (Lipinski definition) is 6. The number of nitrogen functional groups attached to an aromatic ring is 1. The zero-order valence-corrected chi connectivity index (χ0v) is 14.8. The van der Waals surface area contributed by atoms with Crippen LogP contribution in [0.3, 0.4) is 0 Å². The van der Waals surface area contributed by atoms with Crippen LogP contribution in [0.25, 0.3) is 11.3 Å². The van der Waals surface area contributed by atoms with E-state index >= 15 is 0 Å². The molecule has 6 nitrogen and oxygen atoms in total. The van der Waals surface area contributed by atoms with E-state index in [-0.39, 0.29) is 0 Å². The Hall–Kier alpha value is -3.54. The summed E-state index contributed by atoms with van der Waals surface area (Å²) in [5.74, 6) is 1.86. The Morgan fingerprint density at radius 2 is 2.00 bits per heavy atom. The van der Waals surface area contributed by atoms with E-state index in [0.717, 1.165) is 34.8 Å². The highest BCUT2D eigenvalue weighted by Gasteiger charge is 2.10. The Labute approximate surface area is 157 Å². The summed E-state index contributed by atoms with van der Waals surface area (Å²) in [6.07, 6.45) is 8.29. The van der Waals surface area contributed by atoms with Crippen LogP contribution < -0.4 is 11.1 Å². The molecule has 0 saturated heterocycles. The summed E-state index contributed by atoms with van der Waals surface area (Å²) in [7, 11) is 0. The smallest absolute Gasteiger partial charge is 0.187 e. The second-order valence-corrected chi connectivity index (χ2v) is 6.24. The van der Waals surface area contributed by atoms with Crippen LogP contribution in [-0.2, 0) is 17.8 Å². The Bertz CT molecular complexity index is 974. The first-order valence-electron chi connectivity index (χ1n) is 8.76. The number of ether oxygens (including phenoxy) is 1. The molecule has 0 spiro atoms. The Balaban J connectivity index is 1.38. The molecule has 6 heteroatoms. The topological polar surface area (TPSA) is 86.2 Å². The van der Waals surface area contributed by atoms with Gasteiger partial charge in [0.2, 0.25) is 0 Å². The van der Waals surface area contributed by atoms with Crippen molar-refractivity contribution in [1.29, 1.82) is 0 Å². The van der Waals surface area contributed by atoms with Gasteiger partial charge in [-0.15, -0.1) is 0 Å². The van der Waals surface area contributed by atoms with Crippen molar-refractivity contribution in [1.82, 2.24) is 15.5 Å². The van der Waals surface area contributed by atoms with Crippen LogP contribution in [0.2, 0.25) is 0 Å². The summed E-state index contributed by atoms with van der Waals surface area (Å²) in [5, 5.41) is 7.32. The summed E-state index contributed by atoms with van der Waals surface area (Å²) in [6.45, 7) is 1.33. The average molecular weight is 360 g/mol. The van der Waals surface area contributed by atoms with Crippen LogP contribution >= 0.6 is 0 Å². The Morgan fingerprint density at radius 3 is 2.78 bits per heavy atom. The maximum absolute atomic E-state index is 5.89. The molecule has 1 aromatic carbocycles. The van der Waals surface area contributed by atoms with Gasteiger partial charge >= 0.3 is 0 Å². The molecule has 0 aliphatic carbocycles. The van der Waals surface area contributed by atoms with Crippen molar-refractivity contribution in [2.45, 2.75) is 13.0 Å². The van der Waals surface area contributed by atoms with Gasteiger partial charge in [-0.1, -0.05) is 41.6 Å². The van der Waals surface area contributed by atoms with Gasteiger partial charge < -0.3 is 20.3 Å². The van der Waals surface area contributed by atoms with Gasteiger partial charge in [-0.05, 0) is 29.3 Å². The van der Waals surface area contributed by atoms with E-state index in [2.05, 4.69) is 39.7 Å². The lowest BCUT2D eigenvalue weighted by molar-refractivity contribution is 0.179. The number of nitrogens with one attached hydrogen (secondary N) is 1. The van der Waals surface area contributed by atoms with Crippen LogP contribution in [0.4, 0.5) is 5.82 Å². The minimum atomic E-state index is 0.433. The van der Waals surface area contributed by atoms with E-state index < -0.39 is 0 Å². The standard InChI is InChI=1S/C21H20N4O2/c22-21-18(4-3-11-24-21)19-13-17(25-27-19)12-15-6-8-16(9-7-15)14-26-20-5-1-2-10-23-20/h1-9,11,13,23H,10,12,14H2,(H2,22,24). The van der Waals surface area contributed by atoms with E-state index in [1.54, 1.807) is 6.20 Å². The molecule has 27 heavy (non-hydrogen) atoms. The number of dihydropyridines is 1. The highest BCUT2D eigenvalue weighted by Crippen LogP contribution is 2.25. The third-order valence-electron chi connectivity index (χ3n) is 4.24. The molecule has 3 aromatic rings. The summed E-state index contributed by atoms with van der Waals surface area (Å²) in [4.78, 5) is 4.08. The van der Waals surface area contributed by atoms with Crippen molar-refractivity contribution in [3.05, 3.63) is 89.6 Å². The molecule has 2 aromatic heterocycles. The normalized spacial score (nSPS) is 13.1. The predicted molar refractivity (Wildman–Crippen MR) is 103 cm³/mol. The average Bonchev–Trinajstić information content (AvgIpc) is 3.17. The number of benzene rings is 1. The van der Waals surface area contributed by atoms with Crippen molar-refractivity contribution in [3.8, 4) is 11.3 Å². The molecule has 3 N–H and O–H groups in total. The van der Waals surface area contributed by atoms with E-state index in [4.69, 9.17) is 15.0 Å². The predicted octanol–water partition coefficient (Wildman–Crippen LogP) is 3.43. The monoisotopic (exact) mass is 360 g/mol. The van der Waals surface area contributed by atoms with Crippen molar-refractivity contribution in [2.24, 2.45) is 0 Å². The molecule has 0 radical (unpaired) electrons. The SMILES string of the molecule is Nc1ncccc1-c1cc(Cc2ccc(COC3=CC=CCN3)cc2)no1. The molecule has 1 aliphatic heterocycles. The lowest BCUT2D eigenvalue weighted by atomic mass is 10.1. The van der Waals surface area contributed by atoms with E-state index in [1.165, 1.54) is 0 Å². The third-order valence-corrected chi connectivity index (χ3v) is 4.24. The van der Waals surface area contributed by atoms with Crippen molar-refractivity contribution >= 4 is 5.82 Å². The van der Waals surface area contributed by atoms with E-state index in [9.17, 15) is 0 Å². The lowest BCUT2D eigenvalue weighted by Crippen LogP contribution is -2.17. The summed E-state index contributed by atoms with van der Waals surface area (Å²) >= 11 is 0. The molecule has 0 bridgehead atoms. The maximum atomic E-state index is 5.89. The first kappa shape index (κ1) is 16.9. The number of nitrogens with zero attached hydrogens (tertiary/aromatic N) is 2. The number of nitrogens with two attached hydrogens (primary N) is 1. The van der Waals surface area contributed by atoms with Gasteiger partial charge in [-0.25, -0.2) is 4.98 Å². The van der Waals surface area contributed by atoms with E-state index in [1.807, 2.05) is 36.4 Å². The van der Waals surface area contributed by atoms with Crippen LogP contribution in [0.5, 0.6) is 0 Å². The summed E-state index contributed by atoms with van der Waals surface area (Å²) in [6, 6.07) is 13.9. The Kier molecular flexibility index (Phi) is 4.87. The van der Waals surface area contributed by atoms with Gasteiger partial charge in [-0.2, -0.15) is 0 Å². The van der Waals surface area contributed by atoms with Gasteiger partial charge in [0.15, 0.2) is 11.6 Å². The fourth-order valence-electron chi connectivity index (χ4n) is 2.81. The number of aromatic nitrogens is 2. The highest BCUT2D eigenvalue weighted by atomic mass is 16.5. The first-order chi connectivity index (χ1) is 13.3. The van der Waals surface area contributed by atoms with Crippen LogP contribution in [-0.4, -0.2) is 16.7 Å². The minimum absolute atomic E-state index is 0.433. The second kappa shape index (κ2) is 7.78. The van der Waals surface area contributed by atoms with Gasteiger partial charge in [0.05, 0.1) is 11.3 Å². The highest BCUT2D eigenvalue weighted by molar-refractivity contribution is 5.69. The molecule has 0 unspecified atom stereocenters. The van der Waals surface area contributed by atoms with Crippen molar-refractivity contribution < 1.29 is 9.26 Å². The number of rotatable bonds is 6. The summed E-state index contributed by atoms with van der Waals surface area (Å²) in [5.41, 5.74) is 9.75. The van der Waals surface area contributed by atoms with Gasteiger partial charge in [0.1, 0.15) is 12.4 Å². The molecule has 1 aliphatic rings. The van der Waals surface area contributed by atoms with Crippen LogP contribution in [0.15, 0.2) is 77.3 Å². The fraction of sp³-hybridized carbons (Fsp3) is 0.143. The lowest BCUT2D eigenvalue weighted by Gasteiger charge is -2.13. The van der Waals surface area contributed by atoms with E-state index in [0.29, 0.717) is 24.6 Å². The summed E-state index contributed by atoms with van der Waals surface area (Å²) < 4.78 is 11.2. The largest absolute Gasteiger partial charge is 0.474 e. The van der Waals surface area contributed by atoms with Crippen LogP contribution in [0.1, 0.15) is 16.8 Å². The van der Waals surface area contributed by atoms with Crippen molar-refractivity contribution in [2.75, 3.05) is 12.3 Å². The van der Waals surface area contributed by atoms with Crippen LogP contribution in [0, 0.1) is 0 Å². The molecule has 3 heterocycles. The first-order valence-corrected chi connectivity index (χ1v) is 8.76. The second-order valence-electron chi connectivity index (χ2n) is 6.24. The molecule has 0 saturated carbocycles. The fourth-order valence-corrected chi connectivity index (χ4v) is 2.81. The van der Waals surface area contributed by atoms with Gasteiger partial charge in [0, 0.05) is 25.2 Å². The molecule has 0 amide bonds. The van der Waals surface area contributed by atoms with Gasteiger partial charge in [-0.3, -0.25) is 0 Å². The zero-order valence-electron chi connectivity index (χ0n) is 14.8. The quantitative estimate of drug-likeness (QED) is 0.700. The maximum Gasteiger partial charge on any atom is 0.187 e. The molecule has 0 fully saturated rings. The van der Waals surface area contributed by atoms with Crippen molar-refractivity contribution in [3.63, 3.8) is 0 Å². The molecule has 0 atom stereocenters. The number of anilines is 1.